The van der Waals surface area contributed by atoms with Crippen molar-refractivity contribution in [2.24, 2.45) is 11.5 Å². The van der Waals surface area contributed by atoms with Crippen LogP contribution in [-0.2, 0) is 38.2 Å². The van der Waals surface area contributed by atoms with Gasteiger partial charge in [-0.1, -0.05) is 5.06 Å². The molecule has 44 heavy (non-hydrogen) atoms. The van der Waals surface area contributed by atoms with Crippen molar-refractivity contribution in [3.63, 3.8) is 0 Å². The number of rotatable bonds is 12. The number of carboxylic acid groups (broad SMARTS) is 1. The van der Waals surface area contributed by atoms with Gasteiger partial charge in [0, 0.05) is 6.92 Å². The Bertz CT molecular complexity index is 1030. The molecule has 2 saturated heterocycles. The molecule has 2 aliphatic rings. The van der Waals surface area contributed by atoms with Crippen molar-refractivity contribution in [1.29, 1.82) is 0 Å². The van der Waals surface area contributed by atoms with E-state index in [0.29, 0.717) is 0 Å². The van der Waals surface area contributed by atoms with Crippen LogP contribution in [0.15, 0.2) is 0 Å². The number of hydrogen-bond acceptors (Lipinski definition) is 18. The fourth-order valence-electron chi connectivity index (χ4n) is 4.92. The van der Waals surface area contributed by atoms with Crippen LogP contribution in [0, 0.1) is 0 Å². The van der Waals surface area contributed by atoms with E-state index in [1.165, 1.54) is 0 Å². The van der Waals surface area contributed by atoms with Gasteiger partial charge in [-0.15, -0.1) is 0 Å². The van der Waals surface area contributed by atoms with Gasteiger partial charge in [-0.2, -0.15) is 0 Å². The molecule has 0 spiro atoms. The summed E-state index contributed by atoms with van der Waals surface area (Å²) in [4.78, 5) is 56.2. The van der Waals surface area contributed by atoms with Gasteiger partial charge >= 0.3 is 17.9 Å². The lowest BCUT2D eigenvalue weighted by molar-refractivity contribution is -0.350. The monoisotopic (exact) mass is 642 g/mol. The first-order valence-corrected chi connectivity index (χ1v) is 13.5. The molecule has 20 heteroatoms. The Morgan fingerprint density at radius 3 is 1.82 bits per heavy atom. The number of aliphatic hydroxyl groups excluding tert-OH is 7. The normalized spacial score (nSPS) is 36.0. The van der Waals surface area contributed by atoms with E-state index in [9.17, 15) is 60.0 Å². The van der Waals surface area contributed by atoms with Crippen LogP contribution in [0.2, 0.25) is 0 Å². The van der Waals surface area contributed by atoms with E-state index in [1.54, 1.807) is 0 Å². The third kappa shape index (κ3) is 7.78. The number of nitrogens with two attached hydrogens (primary N) is 2. The smallest absolute Gasteiger partial charge is 0.341 e. The zero-order valence-electron chi connectivity index (χ0n) is 24.4. The number of nitrogens with zero attached hydrogens (tertiary/aromatic N) is 1. The Morgan fingerprint density at radius 2 is 1.36 bits per heavy atom. The lowest BCUT2D eigenvalue weighted by Gasteiger charge is -2.53. The second-order valence-electron chi connectivity index (χ2n) is 10.9. The minimum Gasteiger partial charge on any atom is -0.480 e. The molecule has 2 aliphatic heterocycles. The quantitative estimate of drug-likeness (QED) is 0.0695. The minimum atomic E-state index is -2.77. The van der Waals surface area contributed by atoms with Crippen LogP contribution in [0.1, 0.15) is 27.7 Å². The van der Waals surface area contributed by atoms with Gasteiger partial charge in [0.1, 0.15) is 60.9 Å². The van der Waals surface area contributed by atoms with E-state index in [1.807, 2.05) is 0 Å². The largest absolute Gasteiger partial charge is 0.480 e. The van der Waals surface area contributed by atoms with Gasteiger partial charge in [0.15, 0.2) is 17.9 Å². The van der Waals surface area contributed by atoms with Crippen LogP contribution in [-0.4, -0.2) is 168 Å². The van der Waals surface area contributed by atoms with Gasteiger partial charge in [-0.3, -0.25) is 14.4 Å². The lowest BCUT2D eigenvalue weighted by atomic mass is 9.79. The highest BCUT2D eigenvalue weighted by Gasteiger charge is 2.63. The average molecular weight is 643 g/mol. The molecule has 0 aromatic rings. The predicted molar refractivity (Wildman–Crippen MR) is 140 cm³/mol. The molecule has 14 atom stereocenters. The number of carboxylic acids is 1. The molecule has 0 radical (unpaired) electrons. The Balaban J connectivity index is 2.90. The van der Waals surface area contributed by atoms with Crippen LogP contribution < -0.4 is 16.8 Å². The molecule has 0 aromatic heterocycles. The summed E-state index contributed by atoms with van der Waals surface area (Å²) in [6, 6.07) is -7.25. The number of hydroxylamine groups is 2. The molecule has 0 aromatic carbocycles. The summed E-state index contributed by atoms with van der Waals surface area (Å²) in [6.45, 7) is 2.25. The first-order valence-electron chi connectivity index (χ1n) is 13.5. The molecule has 0 aliphatic carbocycles. The number of aliphatic carboxylic acids is 1. The number of aliphatic hydroxyl groups is 7. The summed E-state index contributed by atoms with van der Waals surface area (Å²) >= 11 is 0. The number of ether oxygens (including phenoxy) is 3. The highest BCUT2D eigenvalue weighted by atomic mass is 16.8. The van der Waals surface area contributed by atoms with Crippen molar-refractivity contribution in [1.82, 2.24) is 10.4 Å². The molecule has 2 rings (SSSR count). The van der Waals surface area contributed by atoms with Gasteiger partial charge in [-0.25, -0.2) is 4.79 Å². The number of nitrogens with one attached hydrogen (secondary N) is 1. The molecule has 254 valence electrons. The van der Waals surface area contributed by atoms with Gasteiger partial charge in [0.25, 0.3) is 0 Å². The van der Waals surface area contributed by atoms with Crippen LogP contribution in [0.5, 0.6) is 0 Å². The highest BCUT2D eigenvalue weighted by Crippen LogP contribution is 2.38. The van der Waals surface area contributed by atoms with Crippen molar-refractivity contribution >= 4 is 23.8 Å². The molecule has 0 unspecified atom stereocenters. The average Bonchev–Trinajstić information content (AvgIpc) is 2.93. The Kier molecular flexibility index (Phi) is 12.9. The van der Waals surface area contributed by atoms with Crippen molar-refractivity contribution in [2.75, 3.05) is 13.2 Å². The third-order valence-corrected chi connectivity index (χ3v) is 7.27. The van der Waals surface area contributed by atoms with Crippen molar-refractivity contribution in [3.8, 4) is 0 Å². The molecule has 20 nitrogen and oxygen atoms in total. The summed E-state index contributed by atoms with van der Waals surface area (Å²) in [7, 11) is 0. The zero-order chi connectivity index (χ0) is 33.8. The minimum absolute atomic E-state index is 0.143. The summed E-state index contributed by atoms with van der Waals surface area (Å²) in [5, 5.41) is 85.5. The number of hydrogen-bond donors (Lipinski definition) is 11. The Morgan fingerprint density at radius 1 is 0.864 bits per heavy atom. The van der Waals surface area contributed by atoms with Gasteiger partial charge < -0.3 is 76.7 Å². The molecule has 0 saturated carbocycles. The van der Waals surface area contributed by atoms with Gasteiger partial charge in [0.2, 0.25) is 5.91 Å². The van der Waals surface area contributed by atoms with E-state index in [-0.39, 0.29) is 5.06 Å². The molecular weight excluding hydrogens is 600 g/mol. The maximum atomic E-state index is 13.1. The maximum Gasteiger partial charge on any atom is 0.341 e. The molecule has 2 heterocycles. The second kappa shape index (κ2) is 15.1. The van der Waals surface area contributed by atoms with Crippen molar-refractivity contribution in [2.45, 2.75) is 113 Å². The van der Waals surface area contributed by atoms with Crippen molar-refractivity contribution in [3.05, 3.63) is 0 Å². The fourth-order valence-corrected chi connectivity index (χ4v) is 4.92. The van der Waals surface area contributed by atoms with E-state index in [2.05, 4.69) is 5.32 Å². The lowest BCUT2D eigenvalue weighted by Crippen LogP contribution is -2.76. The molecule has 2 fully saturated rings. The number of esters is 1. The van der Waals surface area contributed by atoms with Crippen LogP contribution in [0.3, 0.4) is 0 Å². The summed E-state index contributed by atoms with van der Waals surface area (Å²) in [5.41, 5.74) is 8.50. The molecule has 0 bridgehead atoms. The van der Waals surface area contributed by atoms with E-state index in [4.69, 9.17) is 30.5 Å². The highest BCUT2D eigenvalue weighted by molar-refractivity contribution is 5.80. The standard InChI is InChI=1S/C24H42N4O16/c1-7(25)22(39)43-24(4,19-12(27-9(3)31)15(34)13(32)10(5-29)41-19)18(21(37)38)28(44-23(40)8(2)26)20-17(36)16(35)14(33)11(6-30)42-20/h7-8,10-20,29-30,32-36H,5-6,25-26H2,1-4H3,(H,27,31)(H,37,38)/t7-,8-,10+,11+,12+,13-,14-,15+,16-,17+,18+,19+,20+,24+/m0/s1. The van der Waals surface area contributed by atoms with Crippen molar-refractivity contribution < 1.29 is 79.1 Å². The predicted octanol–water partition coefficient (Wildman–Crippen LogP) is -7.02. The summed E-state index contributed by atoms with van der Waals surface area (Å²) < 4.78 is 16.7. The van der Waals surface area contributed by atoms with Gasteiger partial charge in [0.05, 0.1) is 19.3 Å². The fraction of sp³-hybridized carbons (Fsp3) is 0.833. The Hall–Kier alpha value is -2.60. The molecule has 13 N–H and O–H groups in total. The van der Waals surface area contributed by atoms with E-state index >= 15 is 0 Å². The number of amides is 1. The van der Waals surface area contributed by atoms with Crippen LogP contribution >= 0.6 is 0 Å². The zero-order valence-corrected chi connectivity index (χ0v) is 24.4. The van der Waals surface area contributed by atoms with E-state index < -0.39 is 122 Å². The van der Waals surface area contributed by atoms with E-state index in [0.717, 1.165) is 27.7 Å². The summed E-state index contributed by atoms with van der Waals surface area (Å²) in [6.07, 6.45) is -17.7. The summed E-state index contributed by atoms with van der Waals surface area (Å²) in [5.74, 6) is -5.47. The van der Waals surface area contributed by atoms with Crippen LogP contribution in [0.4, 0.5) is 0 Å². The Labute approximate surface area is 251 Å². The first kappa shape index (κ1) is 37.6. The first-order chi connectivity index (χ1) is 20.3. The van der Waals surface area contributed by atoms with Gasteiger partial charge in [-0.05, 0) is 20.8 Å². The second-order valence-corrected chi connectivity index (χ2v) is 10.9. The maximum absolute atomic E-state index is 13.1. The molecule has 1 amide bonds. The number of carbonyl (C=O) groups excluding carboxylic acids is 3. The number of carbonyl (C=O) groups is 4. The molecular formula is C24H42N4O16. The topological polar surface area (TPSA) is 334 Å². The third-order valence-electron chi connectivity index (χ3n) is 7.27. The SMILES string of the molecule is CC(=O)N[C@@H]1[C@@H](O)[C@@H](O)[C@@H](CO)O[C@H]1[C@](C)(OC(=O)[C@H](C)N)[C@@H](C(=O)O)N(OC(=O)[C@H](C)N)[C@@H]1O[C@H](CO)[C@H](O)[C@H](O)[C@H]1O. The van der Waals surface area contributed by atoms with Crippen LogP contribution in [0.25, 0.3) is 0 Å².